The Morgan fingerprint density at radius 3 is 2.95 bits per heavy atom. The Bertz CT molecular complexity index is 381. The highest BCUT2D eigenvalue weighted by molar-refractivity contribution is 5.06. The van der Waals surface area contributed by atoms with E-state index in [0.717, 1.165) is 45.9 Å². The van der Waals surface area contributed by atoms with Crippen LogP contribution in [0, 0.1) is 0 Å². The zero-order chi connectivity index (χ0) is 12.9. The molecule has 1 N–H and O–H groups in total. The number of hydrogen-bond donors (Lipinski definition) is 1. The maximum absolute atomic E-state index is 5.38. The molecule has 2 fully saturated rings. The van der Waals surface area contributed by atoms with E-state index in [1.807, 2.05) is 12.5 Å². The summed E-state index contributed by atoms with van der Waals surface area (Å²) in [6.07, 6.45) is 7.88. The Hall–Kier alpha value is -0.910. The van der Waals surface area contributed by atoms with Crippen molar-refractivity contribution in [2.75, 3.05) is 39.4 Å². The lowest BCUT2D eigenvalue weighted by Crippen LogP contribution is -2.38. The molecule has 19 heavy (non-hydrogen) atoms. The van der Waals surface area contributed by atoms with Crippen LogP contribution in [0.5, 0.6) is 0 Å². The molecule has 0 bridgehead atoms. The average molecular weight is 264 g/mol. The summed E-state index contributed by atoms with van der Waals surface area (Å²) in [6, 6.07) is 0.501. The van der Waals surface area contributed by atoms with Crippen LogP contribution in [0.15, 0.2) is 12.5 Å². The summed E-state index contributed by atoms with van der Waals surface area (Å²) in [5, 5.41) is 3.61. The Balaban J connectivity index is 1.56. The van der Waals surface area contributed by atoms with Crippen molar-refractivity contribution in [3.8, 4) is 0 Å². The largest absolute Gasteiger partial charge is 0.379 e. The second kappa shape index (κ2) is 6.50. The van der Waals surface area contributed by atoms with Crippen molar-refractivity contribution in [2.45, 2.75) is 31.8 Å². The van der Waals surface area contributed by atoms with Crippen molar-refractivity contribution in [3.63, 3.8) is 0 Å². The highest BCUT2D eigenvalue weighted by Crippen LogP contribution is 2.22. The van der Waals surface area contributed by atoms with E-state index in [0.29, 0.717) is 6.04 Å². The van der Waals surface area contributed by atoms with Crippen molar-refractivity contribution >= 4 is 0 Å². The summed E-state index contributed by atoms with van der Waals surface area (Å²) in [5.41, 5.74) is 1.35. The van der Waals surface area contributed by atoms with E-state index >= 15 is 0 Å². The molecular formula is C14H24N4O. The van der Waals surface area contributed by atoms with Gasteiger partial charge in [0.1, 0.15) is 0 Å². The second-order valence-corrected chi connectivity index (χ2v) is 5.47. The van der Waals surface area contributed by atoms with Gasteiger partial charge in [0.2, 0.25) is 0 Å². The number of aromatic nitrogens is 2. The molecule has 1 aromatic rings. The summed E-state index contributed by atoms with van der Waals surface area (Å²) in [5.74, 6) is 0. The van der Waals surface area contributed by atoms with Gasteiger partial charge in [0.25, 0.3) is 0 Å². The summed E-state index contributed by atoms with van der Waals surface area (Å²) < 4.78 is 7.70. The van der Waals surface area contributed by atoms with Crippen molar-refractivity contribution in [2.24, 2.45) is 0 Å². The number of ether oxygens (including phenoxy) is 1. The molecule has 2 saturated heterocycles. The van der Waals surface area contributed by atoms with Crippen LogP contribution in [0.4, 0.5) is 0 Å². The number of hydrogen-bond acceptors (Lipinski definition) is 4. The topological polar surface area (TPSA) is 42.3 Å². The van der Waals surface area contributed by atoms with Gasteiger partial charge in [-0.25, -0.2) is 4.98 Å². The van der Waals surface area contributed by atoms with Gasteiger partial charge in [-0.15, -0.1) is 0 Å². The van der Waals surface area contributed by atoms with E-state index in [-0.39, 0.29) is 0 Å². The van der Waals surface area contributed by atoms with Crippen molar-refractivity contribution in [1.29, 1.82) is 0 Å². The molecule has 0 aromatic carbocycles. The summed E-state index contributed by atoms with van der Waals surface area (Å²) in [4.78, 5) is 6.81. The van der Waals surface area contributed by atoms with E-state index in [1.165, 1.54) is 25.0 Å². The van der Waals surface area contributed by atoms with Gasteiger partial charge >= 0.3 is 0 Å². The fourth-order valence-corrected chi connectivity index (χ4v) is 2.99. The maximum atomic E-state index is 5.38. The van der Waals surface area contributed by atoms with Gasteiger partial charge in [-0.2, -0.15) is 0 Å². The summed E-state index contributed by atoms with van der Waals surface area (Å²) in [7, 11) is 0. The number of rotatable bonds is 4. The lowest BCUT2D eigenvalue weighted by atomic mass is 10.0. The van der Waals surface area contributed by atoms with Gasteiger partial charge in [0, 0.05) is 38.4 Å². The number of imidazole rings is 1. The highest BCUT2D eigenvalue weighted by atomic mass is 16.5. The van der Waals surface area contributed by atoms with Crippen molar-refractivity contribution in [1.82, 2.24) is 19.8 Å². The van der Waals surface area contributed by atoms with Crippen LogP contribution in [0.1, 0.15) is 31.0 Å². The van der Waals surface area contributed by atoms with Crippen LogP contribution in [0.25, 0.3) is 0 Å². The third kappa shape index (κ3) is 3.35. The van der Waals surface area contributed by atoms with E-state index < -0.39 is 0 Å². The molecule has 3 rings (SSSR count). The first-order valence-corrected chi connectivity index (χ1v) is 7.47. The molecule has 0 spiro atoms. The summed E-state index contributed by atoms with van der Waals surface area (Å²) in [6.45, 7) is 7.14. The van der Waals surface area contributed by atoms with Crippen molar-refractivity contribution in [3.05, 3.63) is 18.2 Å². The minimum atomic E-state index is 0.501. The molecule has 5 nitrogen and oxygen atoms in total. The van der Waals surface area contributed by atoms with E-state index in [1.54, 1.807) is 0 Å². The Kier molecular flexibility index (Phi) is 4.48. The fourth-order valence-electron chi connectivity index (χ4n) is 2.99. The predicted octanol–water partition coefficient (Wildman–Crippen LogP) is 1.03. The zero-order valence-corrected chi connectivity index (χ0v) is 11.6. The van der Waals surface area contributed by atoms with Crippen LogP contribution in [-0.2, 0) is 11.3 Å². The molecule has 0 saturated carbocycles. The molecule has 0 amide bonds. The number of nitrogens with one attached hydrogen (secondary N) is 1. The standard InChI is InChI=1S/C14H24N4O/c1-2-4-16-13(3-1)14-11-15-12-18(14)6-5-17-7-9-19-10-8-17/h11-13,16H,1-10H2. The van der Waals surface area contributed by atoms with E-state index in [4.69, 9.17) is 4.74 Å². The van der Waals surface area contributed by atoms with E-state index in [9.17, 15) is 0 Å². The number of nitrogens with zero attached hydrogens (tertiary/aromatic N) is 3. The third-order valence-corrected chi connectivity index (χ3v) is 4.17. The normalized spacial score (nSPS) is 25.6. The van der Waals surface area contributed by atoms with Crippen molar-refractivity contribution < 1.29 is 4.74 Å². The highest BCUT2D eigenvalue weighted by Gasteiger charge is 2.18. The molecule has 0 aliphatic carbocycles. The van der Waals surface area contributed by atoms with Gasteiger partial charge < -0.3 is 14.6 Å². The molecule has 1 aromatic heterocycles. The molecule has 2 aliphatic rings. The second-order valence-electron chi connectivity index (χ2n) is 5.47. The Morgan fingerprint density at radius 2 is 2.16 bits per heavy atom. The molecule has 0 radical (unpaired) electrons. The van der Waals surface area contributed by atoms with Gasteiger partial charge in [0.15, 0.2) is 0 Å². The van der Waals surface area contributed by atoms with Gasteiger partial charge in [-0.05, 0) is 19.4 Å². The predicted molar refractivity (Wildman–Crippen MR) is 74.1 cm³/mol. The van der Waals surface area contributed by atoms with Crippen LogP contribution in [-0.4, -0.2) is 53.8 Å². The van der Waals surface area contributed by atoms with Gasteiger partial charge in [-0.3, -0.25) is 4.90 Å². The lowest BCUT2D eigenvalue weighted by Gasteiger charge is -2.28. The smallest absolute Gasteiger partial charge is 0.0949 e. The number of morpholine rings is 1. The molecule has 106 valence electrons. The first kappa shape index (κ1) is 13.1. The monoisotopic (exact) mass is 264 g/mol. The first-order chi connectivity index (χ1) is 9.43. The quantitative estimate of drug-likeness (QED) is 0.882. The molecular weight excluding hydrogens is 240 g/mol. The zero-order valence-electron chi connectivity index (χ0n) is 11.6. The van der Waals surface area contributed by atoms with Gasteiger partial charge in [0.05, 0.1) is 25.2 Å². The van der Waals surface area contributed by atoms with Gasteiger partial charge in [-0.1, -0.05) is 6.42 Å². The minimum absolute atomic E-state index is 0.501. The Morgan fingerprint density at radius 1 is 1.26 bits per heavy atom. The maximum Gasteiger partial charge on any atom is 0.0949 e. The average Bonchev–Trinajstić information content (AvgIpc) is 2.95. The van der Waals surface area contributed by atoms with E-state index in [2.05, 4.69) is 19.8 Å². The third-order valence-electron chi connectivity index (χ3n) is 4.17. The van der Waals surface area contributed by atoms with Crippen LogP contribution >= 0.6 is 0 Å². The van der Waals surface area contributed by atoms with Crippen LogP contribution in [0.2, 0.25) is 0 Å². The Labute approximate surface area is 114 Å². The number of piperidine rings is 1. The minimum Gasteiger partial charge on any atom is -0.379 e. The molecule has 1 unspecified atom stereocenters. The molecule has 1 atom stereocenters. The molecule has 2 aliphatic heterocycles. The molecule has 3 heterocycles. The van der Waals surface area contributed by atoms with Crippen LogP contribution in [0.3, 0.4) is 0 Å². The lowest BCUT2D eigenvalue weighted by molar-refractivity contribution is 0.0362. The summed E-state index contributed by atoms with van der Waals surface area (Å²) >= 11 is 0. The first-order valence-electron chi connectivity index (χ1n) is 7.47. The fraction of sp³-hybridized carbons (Fsp3) is 0.786. The molecule has 5 heteroatoms. The van der Waals surface area contributed by atoms with Crippen LogP contribution < -0.4 is 5.32 Å². The SMILES string of the molecule is c1ncn(CCN2CCOCC2)c1C1CCCCN1.